The molecule has 4 rings (SSSR count). The molecule has 0 aliphatic carbocycles. The fraction of sp³-hybridized carbons (Fsp3) is 0.241. The predicted octanol–water partition coefficient (Wildman–Crippen LogP) is 1.90. The first-order valence-electron chi connectivity index (χ1n) is 12.3. The topological polar surface area (TPSA) is 172 Å². The minimum atomic E-state index is -1.72. The Morgan fingerprint density at radius 1 is 0.900 bits per heavy atom. The molecule has 0 aromatic heterocycles. The first-order chi connectivity index (χ1) is 19.2. The number of benzene rings is 3. The van der Waals surface area contributed by atoms with Crippen LogP contribution in [0.4, 0.5) is 0 Å². The smallest absolute Gasteiger partial charge is 0.338 e. The van der Waals surface area contributed by atoms with Gasteiger partial charge in [0.05, 0.1) is 12.2 Å². The summed E-state index contributed by atoms with van der Waals surface area (Å²) in [7, 11) is 0. The summed E-state index contributed by atoms with van der Waals surface area (Å²) in [5.74, 6) is -1.61. The van der Waals surface area contributed by atoms with E-state index in [0.717, 1.165) is 6.08 Å². The summed E-state index contributed by atoms with van der Waals surface area (Å²) < 4.78 is 22.3. The number of aromatic hydroxyl groups is 2. The van der Waals surface area contributed by atoms with Gasteiger partial charge in [-0.25, -0.2) is 9.59 Å². The van der Waals surface area contributed by atoms with Crippen LogP contribution in [-0.4, -0.2) is 74.8 Å². The Kier molecular flexibility index (Phi) is 9.35. The van der Waals surface area contributed by atoms with E-state index in [0.29, 0.717) is 5.56 Å². The lowest BCUT2D eigenvalue weighted by Crippen LogP contribution is -2.61. The van der Waals surface area contributed by atoms with Crippen LogP contribution < -0.4 is 4.74 Å². The van der Waals surface area contributed by atoms with Crippen LogP contribution in [0.3, 0.4) is 0 Å². The molecule has 5 N–H and O–H groups in total. The molecule has 0 radical (unpaired) electrons. The van der Waals surface area contributed by atoms with Crippen molar-refractivity contribution >= 4 is 18.0 Å². The number of phenols is 2. The average Bonchev–Trinajstić information content (AvgIpc) is 2.96. The maximum Gasteiger partial charge on any atom is 0.338 e. The van der Waals surface area contributed by atoms with Crippen molar-refractivity contribution < 1.29 is 54.1 Å². The number of carbonyl (C=O) groups is 2. The molecule has 1 heterocycles. The molecule has 0 amide bonds. The molecule has 1 aliphatic heterocycles. The lowest BCUT2D eigenvalue weighted by molar-refractivity contribution is -0.281. The number of aliphatic hydroxyl groups excluding tert-OH is 3. The molecular weight excluding hydrogens is 524 g/mol. The monoisotopic (exact) mass is 552 g/mol. The Hall–Kier alpha value is -4.42. The molecule has 3 aromatic rings. The molecule has 1 aliphatic rings. The summed E-state index contributed by atoms with van der Waals surface area (Å²) in [5, 5.41) is 50.5. The average molecular weight is 553 g/mol. The van der Waals surface area contributed by atoms with Crippen LogP contribution in [0.2, 0.25) is 0 Å². The minimum Gasteiger partial charge on any atom is -0.508 e. The molecule has 1 saturated heterocycles. The number of esters is 2. The molecular formula is C29H28O11. The van der Waals surface area contributed by atoms with Gasteiger partial charge in [0.2, 0.25) is 6.29 Å². The number of hydrogen-bond acceptors (Lipinski definition) is 11. The molecule has 0 unspecified atom stereocenters. The zero-order valence-corrected chi connectivity index (χ0v) is 21.1. The van der Waals surface area contributed by atoms with E-state index >= 15 is 0 Å². The van der Waals surface area contributed by atoms with Crippen molar-refractivity contribution in [2.75, 3.05) is 6.61 Å². The van der Waals surface area contributed by atoms with Crippen LogP contribution >= 0.6 is 0 Å². The summed E-state index contributed by atoms with van der Waals surface area (Å²) in [6, 6.07) is 18.0. The van der Waals surface area contributed by atoms with Crippen molar-refractivity contribution in [2.45, 2.75) is 37.3 Å². The summed E-state index contributed by atoms with van der Waals surface area (Å²) in [5.41, 5.74) is 1.03. The first-order valence-corrected chi connectivity index (χ1v) is 12.3. The standard InChI is InChI=1S/C29H28O11/c30-15-19-14-21(32)11-12-22(19)38-29-27(40-24(33)13-8-17-6-9-20(31)10-7-17)26(35)25(34)23(39-29)16-37-28(36)18-4-2-1-3-5-18/h1-14,23,25-27,29-32,34-35H,15-16H2/b13-8+/t23-,25-,26+,27-,29-/m0/s1. The molecule has 0 bridgehead atoms. The third-order valence-electron chi connectivity index (χ3n) is 6.05. The van der Waals surface area contributed by atoms with Gasteiger partial charge in [-0.15, -0.1) is 0 Å². The zero-order chi connectivity index (χ0) is 28.6. The molecule has 0 saturated carbocycles. The third-order valence-corrected chi connectivity index (χ3v) is 6.05. The van der Waals surface area contributed by atoms with Gasteiger partial charge in [-0.2, -0.15) is 0 Å². The number of aliphatic hydroxyl groups is 3. The fourth-order valence-corrected chi connectivity index (χ4v) is 3.93. The van der Waals surface area contributed by atoms with E-state index in [9.17, 15) is 35.1 Å². The SMILES string of the molecule is O=C(/C=C/c1ccc(O)cc1)O[C@@H]1[C@@H](Oc2ccc(O)cc2CO)O[C@@H](COC(=O)c2ccccc2)[C@H](O)[C@H]1O. The molecule has 3 aromatic carbocycles. The van der Waals surface area contributed by atoms with Gasteiger partial charge >= 0.3 is 11.9 Å². The second-order valence-electron chi connectivity index (χ2n) is 8.88. The van der Waals surface area contributed by atoms with E-state index in [2.05, 4.69) is 0 Å². The first kappa shape index (κ1) is 28.6. The predicted molar refractivity (Wildman–Crippen MR) is 139 cm³/mol. The number of rotatable bonds is 9. The second-order valence-corrected chi connectivity index (χ2v) is 8.88. The fourth-order valence-electron chi connectivity index (χ4n) is 3.93. The van der Waals surface area contributed by atoms with Crippen LogP contribution in [0, 0.1) is 0 Å². The van der Waals surface area contributed by atoms with E-state index < -0.39 is 55.9 Å². The lowest BCUT2D eigenvalue weighted by atomic mass is 9.99. The van der Waals surface area contributed by atoms with Crippen molar-refractivity contribution in [1.82, 2.24) is 0 Å². The normalized spacial score (nSPS) is 22.5. The Morgan fingerprint density at radius 2 is 1.60 bits per heavy atom. The van der Waals surface area contributed by atoms with Gasteiger partial charge in [0, 0.05) is 11.6 Å². The van der Waals surface area contributed by atoms with Crippen molar-refractivity contribution in [1.29, 1.82) is 0 Å². The molecule has 40 heavy (non-hydrogen) atoms. The van der Waals surface area contributed by atoms with Crippen molar-refractivity contribution in [3.8, 4) is 17.2 Å². The number of carbonyl (C=O) groups excluding carboxylic acids is 2. The van der Waals surface area contributed by atoms with Gasteiger partial charge < -0.3 is 44.5 Å². The van der Waals surface area contributed by atoms with E-state index in [-0.39, 0.29) is 28.4 Å². The highest BCUT2D eigenvalue weighted by Gasteiger charge is 2.48. The Morgan fingerprint density at radius 3 is 2.30 bits per heavy atom. The zero-order valence-electron chi connectivity index (χ0n) is 21.1. The van der Waals surface area contributed by atoms with Gasteiger partial charge in [0.1, 0.15) is 42.2 Å². The van der Waals surface area contributed by atoms with Crippen molar-refractivity contribution in [3.05, 3.63) is 95.6 Å². The lowest BCUT2D eigenvalue weighted by Gasteiger charge is -2.41. The maximum atomic E-state index is 12.6. The van der Waals surface area contributed by atoms with Gasteiger partial charge in [0.25, 0.3) is 0 Å². The molecule has 11 nitrogen and oxygen atoms in total. The van der Waals surface area contributed by atoms with Crippen LogP contribution in [0.25, 0.3) is 6.08 Å². The highest BCUT2D eigenvalue weighted by atomic mass is 16.7. The van der Waals surface area contributed by atoms with E-state index in [1.54, 1.807) is 42.5 Å². The van der Waals surface area contributed by atoms with E-state index in [1.807, 2.05) is 0 Å². The van der Waals surface area contributed by atoms with Crippen LogP contribution in [0.1, 0.15) is 21.5 Å². The van der Waals surface area contributed by atoms with Crippen LogP contribution in [0.15, 0.2) is 78.9 Å². The number of phenolic OH excluding ortho intramolecular Hbond substituents is 2. The summed E-state index contributed by atoms with van der Waals surface area (Å²) in [4.78, 5) is 25.0. The van der Waals surface area contributed by atoms with Gasteiger partial charge in [-0.05, 0) is 54.1 Å². The summed E-state index contributed by atoms with van der Waals surface area (Å²) >= 11 is 0. The summed E-state index contributed by atoms with van der Waals surface area (Å²) in [6.45, 7) is -0.977. The van der Waals surface area contributed by atoms with Crippen molar-refractivity contribution in [3.63, 3.8) is 0 Å². The Labute approximate surface area is 229 Å². The molecule has 0 spiro atoms. The quantitative estimate of drug-likeness (QED) is 0.194. The minimum absolute atomic E-state index is 0.0506. The second kappa shape index (κ2) is 13.1. The molecule has 11 heteroatoms. The number of hydrogen-bond donors (Lipinski definition) is 5. The largest absolute Gasteiger partial charge is 0.508 e. The third kappa shape index (κ3) is 7.16. The van der Waals surface area contributed by atoms with E-state index in [4.69, 9.17) is 18.9 Å². The highest BCUT2D eigenvalue weighted by molar-refractivity contribution is 5.89. The molecule has 1 fully saturated rings. The Balaban J connectivity index is 1.52. The van der Waals surface area contributed by atoms with E-state index in [1.165, 1.54) is 36.4 Å². The number of ether oxygens (including phenoxy) is 4. The van der Waals surface area contributed by atoms with Gasteiger partial charge in [-0.1, -0.05) is 30.3 Å². The molecule has 5 atom stereocenters. The van der Waals surface area contributed by atoms with Gasteiger partial charge in [-0.3, -0.25) is 0 Å². The summed E-state index contributed by atoms with van der Waals surface area (Å²) in [6.07, 6.45) is -5.20. The highest BCUT2D eigenvalue weighted by Crippen LogP contribution is 2.30. The Bertz CT molecular complexity index is 1320. The molecule has 210 valence electrons. The van der Waals surface area contributed by atoms with Gasteiger partial charge in [0.15, 0.2) is 6.10 Å². The van der Waals surface area contributed by atoms with Crippen LogP contribution in [-0.2, 0) is 25.6 Å². The van der Waals surface area contributed by atoms with Crippen molar-refractivity contribution in [2.24, 2.45) is 0 Å². The van der Waals surface area contributed by atoms with Crippen LogP contribution in [0.5, 0.6) is 17.2 Å². The maximum absolute atomic E-state index is 12.6.